The fraction of sp³-hybridized carbons (Fsp3) is 0.400. The molecule has 0 aromatic rings. The molecule has 0 saturated carbocycles. The van der Waals surface area contributed by atoms with Crippen molar-refractivity contribution in [2.24, 2.45) is 5.92 Å². The van der Waals surface area contributed by atoms with Gasteiger partial charge in [-0.2, -0.15) is 0 Å². The molecule has 1 aliphatic carbocycles. The first kappa shape index (κ1) is 9.71. The first-order chi connectivity index (χ1) is 6.00. The van der Waals surface area contributed by atoms with Crippen molar-refractivity contribution in [2.45, 2.75) is 13.8 Å². The lowest BCUT2D eigenvalue weighted by Gasteiger charge is -2.08. The van der Waals surface area contributed by atoms with Crippen molar-refractivity contribution in [1.29, 1.82) is 0 Å². The van der Waals surface area contributed by atoms with Crippen LogP contribution in [-0.4, -0.2) is 18.9 Å². The molecular weight excluding hydrogens is 168 g/mol. The molecule has 0 spiro atoms. The summed E-state index contributed by atoms with van der Waals surface area (Å²) in [6, 6.07) is 0. The lowest BCUT2D eigenvalue weighted by molar-refractivity contribution is -0.143. The standard InChI is InChI=1S/C10H12O3/c1-5-6(2)9(11)7(3)8(5)10(12)13-4/h8H,3H2,1-2,4H3/t8-/m0/s1. The Hall–Kier alpha value is -1.38. The van der Waals surface area contributed by atoms with Gasteiger partial charge < -0.3 is 4.74 Å². The molecular formula is C10H12O3. The van der Waals surface area contributed by atoms with Crippen molar-refractivity contribution in [3.63, 3.8) is 0 Å². The van der Waals surface area contributed by atoms with Crippen molar-refractivity contribution >= 4 is 11.8 Å². The van der Waals surface area contributed by atoms with Crippen LogP contribution in [-0.2, 0) is 14.3 Å². The number of esters is 1. The Morgan fingerprint density at radius 2 is 2.00 bits per heavy atom. The van der Waals surface area contributed by atoms with Crippen LogP contribution in [0.4, 0.5) is 0 Å². The molecule has 3 heteroatoms. The fourth-order valence-corrected chi connectivity index (χ4v) is 1.47. The molecule has 3 nitrogen and oxygen atoms in total. The van der Waals surface area contributed by atoms with Crippen molar-refractivity contribution in [1.82, 2.24) is 0 Å². The molecule has 0 unspecified atom stereocenters. The number of carbonyl (C=O) groups is 2. The Kier molecular flexibility index (Phi) is 2.36. The maximum atomic E-state index is 11.4. The molecule has 70 valence electrons. The molecule has 0 N–H and O–H groups in total. The van der Waals surface area contributed by atoms with Gasteiger partial charge in [-0.05, 0) is 25.0 Å². The number of ketones is 1. The molecule has 0 bridgehead atoms. The van der Waals surface area contributed by atoms with Gasteiger partial charge >= 0.3 is 5.97 Å². The number of allylic oxidation sites excluding steroid dienone is 1. The van der Waals surface area contributed by atoms with E-state index >= 15 is 0 Å². The van der Waals surface area contributed by atoms with Crippen LogP contribution in [0.2, 0.25) is 0 Å². The SMILES string of the molecule is C=C1C(=O)C(C)=C(C)[C@@H]1C(=O)OC. The van der Waals surface area contributed by atoms with E-state index in [0.717, 1.165) is 5.57 Å². The summed E-state index contributed by atoms with van der Waals surface area (Å²) in [5, 5.41) is 0. The summed E-state index contributed by atoms with van der Waals surface area (Å²) in [6.45, 7) is 7.05. The normalized spacial score (nSPS) is 22.5. The zero-order valence-corrected chi connectivity index (χ0v) is 8.01. The van der Waals surface area contributed by atoms with E-state index in [9.17, 15) is 9.59 Å². The van der Waals surface area contributed by atoms with E-state index in [4.69, 9.17) is 0 Å². The van der Waals surface area contributed by atoms with Gasteiger partial charge in [0.2, 0.25) is 0 Å². The third kappa shape index (κ3) is 1.30. The van der Waals surface area contributed by atoms with Crippen molar-refractivity contribution < 1.29 is 14.3 Å². The summed E-state index contributed by atoms with van der Waals surface area (Å²) in [4.78, 5) is 22.6. The molecule has 0 saturated heterocycles. The van der Waals surface area contributed by atoms with Gasteiger partial charge in [0.15, 0.2) is 5.78 Å². The van der Waals surface area contributed by atoms with Crippen LogP contribution in [0.3, 0.4) is 0 Å². The molecule has 0 aliphatic heterocycles. The Morgan fingerprint density at radius 3 is 2.31 bits per heavy atom. The highest BCUT2D eigenvalue weighted by molar-refractivity contribution is 6.15. The third-order valence-electron chi connectivity index (χ3n) is 2.44. The van der Waals surface area contributed by atoms with Crippen LogP contribution >= 0.6 is 0 Å². The third-order valence-corrected chi connectivity index (χ3v) is 2.44. The first-order valence-corrected chi connectivity index (χ1v) is 3.99. The van der Waals surface area contributed by atoms with E-state index in [2.05, 4.69) is 11.3 Å². The van der Waals surface area contributed by atoms with Crippen LogP contribution in [0, 0.1) is 5.92 Å². The number of rotatable bonds is 1. The minimum atomic E-state index is -0.558. The summed E-state index contributed by atoms with van der Waals surface area (Å²) in [5.74, 6) is -1.10. The summed E-state index contributed by atoms with van der Waals surface area (Å²) in [7, 11) is 1.31. The van der Waals surface area contributed by atoms with Crippen LogP contribution in [0.25, 0.3) is 0 Å². The maximum absolute atomic E-state index is 11.4. The van der Waals surface area contributed by atoms with E-state index in [-0.39, 0.29) is 5.78 Å². The average molecular weight is 180 g/mol. The second-order valence-corrected chi connectivity index (χ2v) is 3.12. The predicted octanol–water partition coefficient (Wildman–Crippen LogP) is 1.25. The van der Waals surface area contributed by atoms with Crippen LogP contribution in [0.5, 0.6) is 0 Å². The second-order valence-electron chi connectivity index (χ2n) is 3.12. The number of Topliss-reactive ketones (excluding diaryl/α,β-unsaturated/α-hetero) is 1. The van der Waals surface area contributed by atoms with E-state index < -0.39 is 11.9 Å². The van der Waals surface area contributed by atoms with Gasteiger partial charge in [-0.3, -0.25) is 9.59 Å². The van der Waals surface area contributed by atoms with Crippen molar-refractivity contribution in [3.05, 3.63) is 23.3 Å². The Morgan fingerprint density at radius 1 is 1.46 bits per heavy atom. The van der Waals surface area contributed by atoms with E-state index in [1.807, 2.05) is 0 Å². The molecule has 0 radical (unpaired) electrons. The van der Waals surface area contributed by atoms with Gasteiger partial charge in [-0.15, -0.1) is 0 Å². The predicted molar refractivity (Wildman–Crippen MR) is 48.0 cm³/mol. The Balaban J connectivity index is 3.09. The molecule has 0 aromatic carbocycles. The van der Waals surface area contributed by atoms with Crippen LogP contribution in [0.1, 0.15) is 13.8 Å². The van der Waals surface area contributed by atoms with Crippen LogP contribution in [0.15, 0.2) is 23.3 Å². The van der Waals surface area contributed by atoms with Crippen molar-refractivity contribution in [3.8, 4) is 0 Å². The fourth-order valence-electron chi connectivity index (χ4n) is 1.47. The van der Waals surface area contributed by atoms with E-state index in [1.54, 1.807) is 13.8 Å². The first-order valence-electron chi connectivity index (χ1n) is 3.99. The van der Waals surface area contributed by atoms with Crippen molar-refractivity contribution in [2.75, 3.05) is 7.11 Å². The number of hydrogen-bond acceptors (Lipinski definition) is 3. The quantitative estimate of drug-likeness (QED) is 0.450. The zero-order chi connectivity index (χ0) is 10.2. The Bertz CT molecular complexity index is 323. The zero-order valence-electron chi connectivity index (χ0n) is 8.01. The number of methoxy groups -OCH3 is 1. The molecule has 1 aliphatic rings. The van der Waals surface area contributed by atoms with E-state index in [0.29, 0.717) is 11.1 Å². The number of carbonyl (C=O) groups excluding carboxylic acids is 2. The molecule has 0 amide bonds. The molecule has 0 fully saturated rings. The highest BCUT2D eigenvalue weighted by Crippen LogP contribution is 2.32. The molecule has 1 rings (SSSR count). The summed E-state index contributed by atoms with van der Waals surface area (Å²) >= 11 is 0. The van der Waals surface area contributed by atoms with Crippen LogP contribution < -0.4 is 0 Å². The minimum absolute atomic E-state index is 0.132. The topological polar surface area (TPSA) is 43.4 Å². The summed E-state index contributed by atoms with van der Waals surface area (Å²) in [5.41, 5.74) is 1.68. The molecule has 1 atom stereocenters. The molecule has 13 heavy (non-hydrogen) atoms. The lowest BCUT2D eigenvalue weighted by Crippen LogP contribution is -2.17. The molecule has 0 aromatic heterocycles. The van der Waals surface area contributed by atoms with Gasteiger partial charge in [0, 0.05) is 5.57 Å². The maximum Gasteiger partial charge on any atom is 0.317 e. The van der Waals surface area contributed by atoms with Gasteiger partial charge in [-0.1, -0.05) is 6.58 Å². The lowest BCUT2D eigenvalue weighted by atomic mass is 9.99. The monoisotopic (exact) mass is 180 g/mol. The summed E-state index contributed by atoms with van der Waals surface area (Å²) < 4.78 is 4.59. The largest absolute Gasteiger partial charge is 0.468 e. The highest BCUT2D eigenvalue weighted by atomic mass is 16.5. The number of ether oxygens (including phenoxy) is 1. The smallest absolute Gasteiger partial charge is 0.317 e. The average Bonchev–Trinajstić information content (AvgIpc) is 2.30. The minimum Gasteiger partial charge on any atom is -0.468 e. The van der Waals surface area contributed by atoms with Gasteiger partial charge in [0.05, 0.1) is 7.11 Å². The second kappa shape index (κ2) is 3.17. The van der Waals surface area contributed by atoms with E-state index in [1.165, 1.54) is 7.11 Å². The summed E-state index contributed by atoms with van der Waals surface area (Å²) in [6.07, 6.45) is 0. The van der Waals surface area contributed by atoms with Gasteiger partial charge in [-0.25, -0.2) is 0 Å². The van der Waals surface area contributed by atoms with Gasteiger partial charge in [0.25, 0.3) is 0 Å². The molecule has 0 heterocycles. The Labute approximate surface area is 77.1 Å². The highest BCUT2D eigenvalue weighted by Gasteiger charge is 2.36. The number of hydrogen-bond donors (Lipinski definition) is 0. The van der Waals surface area contributed by atoms with Gasteiger partial charge in [0.1, 0.15) is 5.92 Å².